The van der Waals surface area contributed by atoms with Gasteiger partial charge in [0.05, 0.1) is 11.2 Å². The maximum atomic E-state index is 14.1. The van der Waals surface area contributed by atoms with Crippen LogP contribution in [0.15, 0.2) is 72.9 Å². The van der Waals surface area contributed by atoms with Gasteiger partial charge in [-0.15, -0.1) is 0 Å². The van der Waals surface area contributed by atoms with Crippen molar-refractivity contribution in [3.63, 3.8) is 0 Å². The van der Waals surface area contributed by atoms with Crippen LogP contribution in [0, 0.1) is 12.7 Å². The normalized spacial score (nSPS) is 11.8. The number of aryl methyl sites for hydroxylation is 1. The van der Waals surface area contributed by atoms with E-state index >= 15 is 0 Å². The SMILES string of the molecule is Cc1ccc(F)c2cc(C(=O)NC(C(=O)NCc3ccccc3)c3ccccn3)[nH]c12. The lowest BCUT2D eigenvalue weighted by Gasteiger charge is -2.18. The second-order valence-electron chi connectivity index (χ2n) is 7.20. The molecular formula is C24H21FN4O2. The number of H-pyrrole nitrogens is 1. The van der Waals surface area contributed by atoms with E-state index in [0.29, 0.717) is 23.1 Å². The van der Waals surface area contributed by atoms with Gasteiger partial charge in [-0.1, -0.05) is 42.5 Å². The number of hydrogen-bond donors (Lipinski definition) is 3. The maximum absolute atomic E-state index is 14.1. The van der Waals surface area contributed by atoms with Crippen molar-refractivity contribution in [1.29, 1.82) is 0 Å². The summed E-state index contributed by atoms with van der Waals surface area (Å²) in [7, 11) is 0. The number of halogens is 1. The van der Waals surface area contributed by atoms with Gasteiger partial charge in [-0.3, -0.25) is 14.6 Å². The number of nitrogens with zero attached hydrogens (tertiary/aromatic N) is 1. The van der Waals surface area contributed by atoms with E-state index in [1.807, 2.05) is 37.3 Å². The average molecular weight is 416 g/mol. The summed E-state index contributed by atoms with van der Waals surface area (Å²) in [6, 6.07) is 18.1. The average Bonchev–Trinajstić information content (AvgIpc) is 3.27. The fraction of sp³-hybridized carbons (Fsp3) is 0.125. The van der Waals surface area contributed by atoms with Gasteiger partial charge in [0.1, 0.15) is 11.5 Å². The van der Waals surface area contributed by atoms with Crippen molar-refractivity contribution in [1.82, 2.24) is 20.6 Å². The Morgan fingerprint density at radius 2 is 1.84 bits per heavy atom. The van der Waals surface area contributed by atoms with Crippen LogP contribution in [0.3, 0.4) is 0 Å². The lowest BCUT2D eigenvalue weighted by atomic mass is 10.1. The Bertz CT molecular complexity index is 1180. The van der Waals surface area contributed by atoms with Gasteiger partial charge in [-0.2, -0.15) is 0 Å². The van der Waals surface area contributed by atoms with Gasteiger partial charge in [0, 0.05) is 18.1 Å². The van der Waals surface area contributed by atoms with E-state index in [1.165, 1.54) is 12.1 Å². The van der Waals surface area contributed by atoms with E-state index in [0.717, 1.165) is 11.1 Å². The highest BCUT2D eigenvalue weighted by molar-refractivity contribution is 6.01. The number of aromatic amines is 1. The molecule has 1 unspecified atom stereocenters. The molecule has 2 aromatic heterocycles. The van der Waals surface area contributed by atoms with Crippen molar-refractivity contribution in [2.75, 3.05) is 0 Å². The van der Waals surface area contributed by atoms with Crippen molar-refractivity contribution in [3.8, 4) is 0 Å². The van der Waals surface area contributed by atoms with E-state index < -0.39 is 23.7 Å². The molecule has 0 fully saturated rings. The van der Waals surface area contributed by atoms with Crippen LogP contribution in [-0.2, 0) is 11.3 Å². The van der Waals surface area contributed by atoms with Crippen LogP contribution in [0.1, 0.15) is 33.4 Å². The quantitative estimate of drug-likeness (QED) is 0.447. The molecule has 0 saturated carbocycles. The Labute approximate surface area is 178 Å². The molecular weight excluding hydrogens is 395 g/mol. The summed E-state index contributed by atoms with van der Waals surface area (Å²) < 4.78 is 14.1. The van der Waals surface area contributed by atoms with Crippen molar-refractivity contribution >= 4 is 22.7 Å². The van der Waals surface area contributed by atoms with E-state index in [1.54, 1.807) is 30.5 Å². The number of nitrogens with one attached hydrogen (secondary N) is 3. The zero-order valence-electron chi connectivity index (χ0n) is 16.9. The molecule has 0 aliphatic carbocycles. The molecule has 4 aromatic rings. The minimum atomic E-state index is -1.00. The molecule has 3 N–H and O–H groups in total. The van der Waals surface area contributed by atoms with Crippen LogP contribution >= 0.6 is 0 Å². The number of rotatable bonds is 6. The topological polar surface area (TPSA) is 86.9 Å². The maximum Gasteiger partial charge on any atom is 0.268 e. The van der Waals surface area contributed by atoms with Gasteiger partial charge in [0.2, 0.25) is 5.91 Å². The van der Waals surface area contributed by atoms with Crippen LogP contribution in [0.5, 0.6) is 0 Å². The van der Waals surface area contributed by atoms with Gasteiger partial charge in [-0.05, 0) is 42.3 Å². The summed E-state index contributed by atoms with van der Waals surface area (Å²) in [5.41, 5.74) is 2.87. The summed E-state index contributed by atoms with van der Waals surface area (Å²) >= 11 is 0. The Morgan fingerprint density at radius 3 is 2.55 bits per heavy atom. The largest absolute Gasteiger partial charge is 0.350 e. The van der Waals surface area contributed by atoms with E-state index in [4.69, 9.17) is 0 Å². The van der Waals surface area contributed by atoms with Crippen molar-refractivity contribution in [2.45, 2.75) is 19.5 Å². The molecule has 2 amide bonds. The van der Waals surface area contributed by atoms with Crippen molar-refractivity contribution in [2.24, 2.45) is 0 Å². The first-order chi connectivity index (χ1) is 15.0. The monoisotopic (exact) mass is 416 g/mol. The predicted molar refractivity (Wildman–Crippen MR) is 116 cm³/mol. The molecule has 7 heteroatoms. The van der Waals surface area contributed by atoms with Gasteiger partial charge in [0.15, 0.2) is 6.04 Å². The van der Waals surface area contributed by atoms with Gasteiger partial charge in [0.25, 0.3) is 5.91 Å². The lowest BCUT2D eigenvalue weighted by molar-refractivity contribution is -0.123. The molecule has 0 bridgehead atoms. The van der Waals surface area contributed by atoms with Crippen molar-refractivity contribution in [3.05, 3.63) is 101 Å². The Morgan fingerprint density at radius 1 is 1.06 bits per heavy atom. The summed E-state index contributed by atoms with van der Waals surface area (Å²) in [5, 5.41) is 5.88. The summed E-state index contributed by atoms with van der Waals surface area (Å²) in [6.45, 7) is 2.14. The smallest absolute Gasteiger partial charge is 0.268 e. The molecule has 2 heterocycles. The molecule has 0 aliphatic rings. The third kappa shape index (κ3) is 4.45. The summed E-state index contributed by atoms with van der Waals surface area (Å²) in [5.74, 6) is -1.34. The number of fused-ring (bicyclic) bond motifs is 1. The Balaban J connectivity index is 1.57. The predicted octanol–water partition coefficient (Wildman–Crippen LogP) is 3.80. The molecule has 0 aliphatic heterocycles. The Hall–Kier alpha value is -4.00. The molecule has 31 heavy (non-hydrogen) atoms. The standard InChI is InChI=1S/C24H21FN4O2/c1-15-10-11-18(25)17-13-20(28-21(15)17)23(30)29-22(19-9-5-6-12-26-19)24(31)27-14-16-7-3-2-4-8-16/h2-13,22,28H,14H2,1H3,(H,27,31)(H,29,30). The van der Waals surface area contributed by atoms with Crippen molar-refractivity contribution < 1.29 is 14.0 Å². The van der Waals surface area contributed by atoms with Crippen LogP contribution < -0.4 is 10.6 Å². The van der Waals surface area contributed by atoms with Gasteiger partial charge >= 0.3 is 0 Å². The first kappa shape index (κ1) is 20.3. The third-order valence-corrected chi connectivity index (χ3v) is 5.02. The Kier molecular flexibility index (Phi) is 5.75. The highest BCUT2D eigenvalue weighted by Crippen LogP contribution is 2.23. The number of benzene rings is 2. The third-order valence-electron chi connectivity index (χ3n) is 5.02. The molecule has 4 rings (SSSR count). The second kappa shape index (κ2) is 8.79. The van der Waals surface area contributed by atoms with E-state index in [2.05, 4.69) is 20.6 Å². The number of carbonyl (C=O) groups excluding carboxylic acids is 2. The van der Waals surface area contributed by atoms with Crippen LogP contribution in [0.2, 0.25) is 0 Å². The number of carbonyl (C=O) groups is 2. The molecule has 0 radical (unpaired) electrons. The number of hydrogen-bond acceptors (Lipinski definition) is 3. The highest BCUT2D eigenvalue weighted by atomic mass is 19.1. The fourth-order valence-electron chi connectivity index (χ4n) is 3.36. The zero-order valence-corrected chi connectivity index (χ0v) is 16.9. The van der Waals surface area contributed by atoms with Gasteiger partial charge in [-0.25, -0.2) is 4.39 Å². The molecule has 6 nitrogen and oxygen atoms in total. The highest BCUT2D eigenvalue weighted by Gasteiger charge is 2.25. The molecule has 0 spiro atoms. The summed E-state index contributed by atoms with van der Waals surface area (Å²) in [6.07, 6.45) is 1.56. The molecule has 156 valence electrons. The van der Waals surface area contributed by atoms with E-state index in [9.17, 15) is 14.0 Å². The number of aromatic nitrogens is 2. The number of amides is 2. The molecule has 0 saturated heterocycles. The van der Waals surface area contributed by atoms with Crippen LogP contribution in [-0.4, -0.2) is 21.8 Å². The minimum absolute atomic E-state index is 0.167. The lowest BCUT2D eigenvalue weighted by Crippen LogP contribution is -2.40. The molecule has 2 aromatic carbocycles. The zero-order chi connectivity index (χ0) is 21.8. The first-order valence-corrected chi connectivity index (χ1v) is 9.84. The van der Waals surface area contributed by atoms with E-state index in [-0.39, 0.29) is 5.69 Å². The minimum Gasteiger partial charge on any atom is -0.350 e. The number of pyridine rings is 1. The van der Waals surface area contributed by atoms with Crippen LogP contribution in [0.25, 0.3) is 10.9 Å². The fourth-order valence-corrected chi connectivity index (χ4v) is 3.36. The van der Waals surface area contributed by atoms with Crippen LogP contribution in [0.4, 0.5) is 4.39 Å². The summed E-state index contributed by atoms with van der Waals surface area (Å²) in [4.78, 5) is 33.0. The molecule has 1 atom stereocenters. The van der Waals surface area contributed by atoms with Gasteiger partial charge < -0.3 is 15.6 Å². The first-order valence-electron chi connectivity index (χ1n) is 9.84. The second-order valence-corrected chi connectivity index (χ2v) is 7.20.